The number of aromatic nitrogens is 1. The number of methoxy groups -OCH3 is 1. The summed E-state index contributed by atoms with van der Waals surface area (Å²) < 4.78 is 17.8. The fraction of sp³-hybridized carbons (Fsp3) is 0.154. The van der Waals surface area contributed by atoms with Gasteiger partial charge in [0.15, 0.2) is 10.8 Å². The standard InChI is InChI=1S/C13H10FN3O2S/c1-7-11(12(18)19-2)17-13(20-7)16-9-3-4-10(14)8(5-9)6-15/h3-5H,1-2H3,(H,16,17). The van der Waals surface area contributed by atoms with Crippen molar-refractivity contribution in [2.75, 3.05) is 12.4 Å². The van der Waals surface area contributed by atoms with Crippen molar-refractivity contribution in [2.45, 2.75) is 6.92 Å². The number of esters is 1. The largest absolute Gasteiger partial charge is 0.464 e. The minimum Gasteiger partial charge on any atom is -0.464 e. The quantitative estimate of drug-likeness (QED) is 0.880. The van der Waals surface area contributed by atoms with E-state index in [-0.39, 0.29) is 11.3 Å². The molecule has 0 aliphatic carbocycles. The summed E-state index contributed by atoms with van der Waals surface area (Å²) in [4.78, 5) is 16.3. The van der Waals surface area contributed by atoms with Crippen LogP contribution < -0.4 is 5.32 Å². The van der Waals surface area contributed by atoms with Crippen LogP contribution in [0.1, 0.15) is 20.9 Å². The van der Waals surface area contributed by atoms with Crippen LogP contribution in [-0.4, -0.2) is 18.1 Å². The number of halogens is 1. The number of nitrogens with one attached hydrogen (secondary N) is 1. The number of carbonyl (C=O) groups excluding carboxylic acids is 1. The Balaban J connectivity index is 2.27. The van der Waals surface area contributed by atoms with Crippen LogP contribution in [0.25, 0.3) is 0 Å². The molecule has 7 heteroatoms. The summed E-state index contributed by atoms with van der Waals surface area (Å²) >= 11 is 1.27. The molecule has 5 nitrogen and oxygen atoms in total. The van der Waals surface area contributed by atoms with E-state index in [0.717, 1.165) is 0 Å². The Bertz CT molecular complexity index is 706. The van der Waals surface area contributed by atoms with Gasteiger partial charge in [0.05, 0.1) is 12.7 Å². The monoisotopic (exact) mass is 291 g/mol. The van der Waals surface area contributed by atoms with Gasteiger partial charge in [0.1, 0.15) is 11.9 Å². The SMILES string of the molecule is COC(=O)c1nc(Nc2ccc(F)c(C#N)c2)sc1C. The lowest BCUT2D eigenvalue weighted by Crippen LogP contribution is -2.03. The van der Waals surface area contributed by atoms with Crippen molar-refractivity contribution >= 4 is 28.1 Å². The van der Waals surface area contributed by atoms with Crippen molar-refractivity contribution in [1.82, 2.24) is 4.98 Å². The Hall–Kier alpha value is -2.46. The fourth-order valence-corrected chi connectivity index (χ4v) is 2.37. The Morgan fingerprint density at radius 2 is 2.30 bits per heavy atom. The number of anilines is 2. The van der Waals surface area contributed by atoms with Gasteiger partial charge < -0.3 is 10.1 Å². The summed E-state index contributed by atoms with van der Waals surface area (Å²) in [5.41, 5.74) is 0.701. The average molecular weight is 291 g/mol. The molecule has 0 aliphatic rings. The van der Waals surface area contributed by atoms with Crippen LogP contribution in [0, 0.1) is 24.1 Å². The molecule has 0 aliphatic heterocycles. The highest BCUT2D eigenvalue weighted by Crippen LogP contribution is 2.26. The number of aryl methyl sites for hydroxylation is 1. The topological polar surface area (TPSA) is 75.0 Å². The molecular formula is C13H10FN3O2S. The second-order valence-electron chi connectivity index (χ2n) is 3.85. The van der Waals surface area contributed by atoms with Gasteiger partial charge in [-0.15, -0.1) is 11.3 Å². The summed E-state index contributed by atoms with van der Waals surface area (Å²) in [5.74, 6) is -1.09. The molecule has 2 aromatic rings. The van der Waals surface area contributed by atoms with Crippen molar-refractivity contribution in [3.63, 3.8) is 0 Å². The van der Waals surface area contributed by atoms with Crippen LogP contribution in [0.2, 0.25) is 0 Å². The van der Waals surface area contributed by atoms with E-state index in [2.05, 4.69) is 15.0 Å². The smallest absolute Gasteiger partial charge is 0.357 e. The zero-order chi connectivity index (χ0) is 14.7. The summed E-state index contributed by atoms with van der Waals surface area (Å²) in [6.07, 6.45) is 0. The summed E-state index contributed by atoms with van der Waals surface area (Å²) in [7, 11) is 1.29. The first-order valence-electron chi connectivity index (χ1n) is 5.57. The molecule has 0 unspecified atom stereocenters. The molecule has 0 saturated heterocycles. The molecular weight excluding hydrogens is 281 g/mol. The van der Waals surface area contributed by atoms with Crippen molar-refractivity contribution in [3.8, 4) is 6.07 Å². The van der Waals surface area contributed by atoms with E-state index in [4.69, 9.17) is 5.26 Å². The third-order valence-electron chi connectivity index (χ3n) is 2.51. The van der Waals surface area contributed by atoms with Gasteiger partial charge in [-0.1, -0.05) is 0 Å². The Morgan fingerprint density at radius 3 is 2.95 bits per heavy atom. The highest BCUT2D eigenvalue weighted by atomic mass is 32.1. The van der Waals surface area contributed by atoms with Gasteiger partial charge in [0.2, 0.25) is 0 Å². The fourth-order valence-electron chi connectivity index (χ4n) is 1.55. The number of thiazole rings is 1. The lowest BCUT2D eigenvalue weighted by molar-refractivity contribution is 0.0594. The second-order valence-corrected chi connectivity index (χ2v) is 5.05. The third kappa shape index (κ3) is 2.75. The van der Waals surface area contributed by atoms with Gasteiger partial charge in [-0.25, -0.2) is 14.2 Å². The molecule has 2 rings (SSSR count). The number of carbonyl (C=O) groups is 1. The van der Waals surface area contributed by atoms with Crippen molar-refractivity contribution in [2.24, 2.45) is 0 Å². The van der Waals surface area contributed by atoms with Crippen LogP contribution >= 0.6 is 11.3 Å². The zero-order valence-electron chi connectivity index (χ0n) is 10.7. The summed E-state index contributed by atoms with van der Waals surface area (Å²) in [6, 6.07) is 5.83. The minimum atomic E-state index is -0.580. The third-order valence-corrected chi connectivity index (χ3v) is 3.40. The number of hydrogen-bond donors (Lipinski definition) is 1. The highest BCUT2D eigenvalue weighted by molar-refractivity contribution is 7.15. The molecule has 102 valence electrons. The summed E-state index contributed by atoms with van der Waals surface area (Å²) in [5, 5.41) is 12.2. The molecule has 0 spiro atoms. The van der Waals surface area contributed by atoms with Gasteiger partial charge in [-0.05, 0) is 25.1 Å². The first-order chi connectivity index (χ1) is 9.55. The number of nitrogens with zero attached hydrogens (tertiary/aromatic N) is 2. The molecule has 1 N–H and O–H groups in total. The number of ether oxygens (including phenoxy) is 1. The van der Waals surface area contributed by atoms with Crippen molar-refractivity contribution in [3.05, 3.63) is 40.2 Å². The lowest BCUT2D eigenvalue weighted by Gasteiger charge is -2.03. The maximum absolute atomic E-state index is 13.2. The molecule has 1 aromatic heterocycles. The normalized spacial score (nSPS) is 9.90. The van der Waals surface area contributed by atoms with Gasteiger partial charge in [0.25, 0.3) is 0 Å². The molecule has 20 heavy (non-hydrogen) atoms. The van der Waals surface area contributed by atoms with Gasteiger partial charge in [0, 0.05) is 10.6 Å². The van der Waals surface area contributed by atoms with Crippen LogP contribution in [0.5, 0.6) is 0 Å². The molecule has 1 aromatic carbocycles. The molecule has 0 bridgehead atoms. The van der Waals surface area contributed by atoms with Gasteiger partial charge in [-0.3, -0.25) is 0 Å². The van der Waals surface area contributed by atoms with Crippen molar-refractivity contribution < 1.29 is 13.9 Å². The molecule has 0 atom stereocenters. The predicted octanol–water partition coefficient (Wildman–Crippen LogP) is 2.99. The van der Waals surface area contributed by atoms with Crippen molar-refractivity contribution in [1.29, 1.82) is 5.26 Å². The van der Waals surface area contributed by atoms with Crippen LogP contribution in [-0.2, 0) is 4.74 Å². The van der Waals surface area contributed by atoms with E-state index in [0.29, 0.717) is 15.7 Å². The van der Waals surface area contributed by atoms with E-state index >= 15 is 0 Å². The van der Waals surface area contributed by atoms with Crippen LogP contribution in [0.4, 0.5) is 15.2 Å². The van der Waals surface area contributed by atoms with E-state index < -0.39 is 11.8 Å². The zero-order valence-corrected chi connectivity index (χ0v) is 11.5. The van der Waals surface area contributed by atoms with Crippen LogP contribution in [0.3, 0.4) is 0 Å². The Kier molecular flexibility index (Phi) is 3.96. The first-order valence-corrected chi connectivity index (χ1v) is 6.39. The molecule has 1 heterocycles. The van der Waals surface area contributed by atoms with E-state index in [1.54, 1.807) is 13.0 Å². The van der Waals surface area contributed by atoms with E-state index in [1.807, 2.05) is 0 Å². The number of benzene rings is 1. The lowest BCUT2D eigenvalue weighted by atomic mass is 10.2. The van der Waals surface area contributed by atoms with E-state index in [1.165, 1.54) is 36.6 Å². The highest BCUT2D eigenvalue weighted by Gasteiger charge is 2.16. The van der Waals surface area contributed by atoms with Gasteiger partial charge in [-0.2, -0.15) is 5.26 Å². The number of rotatable bonds is 3. The molecule has 0 radical (unpaired) electrons. The summed E-state index contributed by atoms with van der Waals surface area (Å²) in [6.45, 7) is 1.75. The Labute approximate surface area is 118 Å². The maximum atomic E-state index is 13.2. The number of hydrogen-bond acceptors (Lipinski definition) is 6. The first kappa shape index (κ1) is 14.0. The van der Waals surface area contributed by atoms with Gasteiger partial charge >= 0.3 is 5.97 Å². The second kappa shape index (κ2) is 5.67. The number of nitriles is 1. The minimum absolute atomic E-state index is 0.0588. The molecule has 0 saturated carbocycles. The molecule has 0 fully saturated rings. The van der Waals surface area contributed by atoms with E-state index in [9.17, 15) is 9.18 Å². The average Bonchev–Trinajstić information content (AvgIpc) is 2.80. The maximum Gasteiger partial charge on any atom is 0.357 e. The van der Waals surface area contributed by atoms with Crippen LogP contribution in [0.15, 0.2) is 18.2 Å². The molecule has 0 amide bonds. The Morgan fingerprint density at radius 1 is 1.55 bits per heavy atom. The predicted molar refractivity (Wildman–Crippen MR) is 72.6 cm³/mol.